The minimum absolute atomic E-state index is 0.164. The minimum atomic E-state index is -0.207. The molecule has 0 aromatic heterocycles. The quantitative estimate of drug-likeness (QED) is 0.399. The zero-order valence-corrected chi connectivity index (χ0v) is 23.8. The van der Waals surface area contributed by atoms with E-state index >= 15 is 0 Å². The monoisotopic (exact) mass is 496 g/mol. The third-order valence-electron chi connectivity index (χ3n) is 12.5. The standard InChI is InChI=1S/C34H53FO/c1-22(2)7-6-8-23(3)28-15-16-29-26-13-14-30-27(21-24-9-11-25(35)12-10-24)32(36)18-20-34(30,5)31(26)17-19-33(28,29)4/h9-12,22-23,26-32,36H,6-8,13-21H2,1-5H3/t23-,26+,27+,28-,29+,30?,31+,32-,33-,34+/m1/s1. The van der Waals surface area contributed by atoms with Crippen LogP contribution in [0, 0.1) is 64.0 Å². The molecule has 1 aromatic carbocycles. The molecule has 0 radical (unpaired) electrons. The van der Waals surface area contributed by atoms with Gasteiger partial charge in [-0.25, -0.2) is 4.39 Å². The first-order valence-electron chi connectivity index (χ1n) is 15.6. The largest absolute Gasteiger partial charge is 0.393 e. The molecule has 0 bridgehead atoms. The van der Waals surface area contributed by atoms with E-state index in [0.29, 0.717) is 22.7 Å². The van der Waals surface area contributed by atoms with E-state index in [1.54, 1.807) is 12.1 Å². The van der Waals surface area contributed by atoms with Crippen molar-refractivity contribution in [3.63, 3.8) is 0 Å². The van der Waals surface area contributed by atoms with Crippen molar-refractivity contribution < 1.29 is 9.50 Å². The molecule has 1 aromatic rings. The lowest BCUT2D eigenvalue weighted by atomic mass is 9.42. The summed E-state index contributed by atoms with van der Waals surface area (Å²) in [4.78, 5) is 0. The van der Waals surface area contributed by atoms with Crippen molar-refractivity contribution in [1.82, 2.24) is 0 Å². The molecule has 4 aliphatic carbocycles. The van der Waals surface area contributed by atoms with Gasteiger partial charge in [0.05, 0.1) is 6.10 Å². The predicted molar refractivity (Wildman–Crippen MR) is 148 cm³/mol. The second kappa shape index (κ2) is 10.3. The SMILES string of the molecule is CC(C)CCC[C@@H](C)[C@H]1CC[C@H]2[C@@H]3CCC4[C@H](Cc5ccc(F)cc5)[C@H](O)CC[C@]4(C)[C@H]3CC[C@]12C. The summed E-state index contributed by atoms with van der Waals surface area (Å²) in [6.45, 7) is 12.6. The summed E-state index contributed by atoms with van der Waals surface area (Å²) in [5.74, 6) is 6.00. The molecule has 1 nitrogen and oxygen atoms in total. The molecule has 4 saturated carbocycles. The van der Waals surface area contributed by atoms with Crippen molar-refractivity contribution in [3.05, 3.63) is 35.6 Å². The fraction of sp³-hybridized carbons (Fsp3) is 0.824. The fourth-order valence-corrected chi connectivity index (χ4v) is 10.7. The summed E-state index contributed by atoms with van der Waals surface area (Å²) in [7, 11) is 0. The lowest BCUT2D eigenvalue weighted by Crippen LogP contribution is -2.57. The molecule has 0 amide bonds. The van der Waals surface area contributed by atoms with Crippen LogP contribution >= 0.6 is 0 Å². The van der Waals surface area contributed by atoms with Crippen LogP contribution in [0.1, 0.15) is 111 Å². The van der Waals surface area contributed by atoms with Gasteiger partial charge in [0, 0.05) is 0 Å². The van der Waals surface area contributed by atoms with Gasteiger partial charge in [0.25, 0.3) is 0 Å². The van der Waals surface area contributed by atoms with Gasteiger partial charge < -0.3 is 5.11 Å². The van der Waals surface area contributed by atoms with Crippen LogP contribution in [-0.2, 0) is 6.42 Å². The summed E-state index contributed by atoms with van der Waals surface area (Å²) in [6, 6.07) is 7.05. The first kappa shape index (κ1) is 26.7. The Labute approximate surface area is 221 Å². The van der Waals surface area contributed by atoms with Crippen molar-refractivity contribution in [2.24, 2.45) is 58.2 Å². The molecule has 1 unspecified atom stereocenters. The Hall–Kier alpha value is -0.890. The maximum Gasteiger partial charge on any atom is 0.123 e. The molecule has 202 valence electrons. The Kier molecular flexibility index (Phi) is 7.68. The zero-order valence-electron chi connectivity index (χ0n) is 23.8. The van der Waals surface area contributed by atoms with Crippen LogP contribution in [0.25, 0.3) is 0 Å². The van der Waals surface area contributed by atoms with E-state index in [9.17, 15) is 9.50 Å². The van der Waals surface area contributed by atoms with Gasteiger partial charge >= 0.3 is 0 Å². The zero-order chi connectivity index (χ0) is 25.7. The van der Waals surface area contributed by atoms with Gasteiger partial charge in [0.2, 0.25) is 0 Å². The number of benzene rings is 1. The third kappa shape index (κ3) is 4.71. The molecular weight excluding hydrogens is 443 g/mol. The van der Waals surface area contributed by atoms with Crippen LogP contribution < -0.4 is 0 Å². The van der Waals surface area contributed by atoms with Crippen LogP contribution in [0.5, 0.6) is 0 Å². The van der Waals surface area contributed by atoms with E-state index in [1.807, 2.05) is 12.1 Å². The molecule has 0 spiro atoms. The van der Waals surface area contributed by atoms with Crippen LogP contribution in [0.4, 0.5) is 4.39 Å². The van der Waals surface area contributed by atoms with E-state index < -0.39 is 0 Å². The molecule has 2 heteroatoms. The molecule has 4 aliphatic rings. The Morgan fingerprint density at radius 3 is 2.22 bits per heavy atom. The summed E-state index contributed by atoms with van der Waals surface area (Å²) < 4.78 is 13.5. The Bertz CT molecular complexity index is 878. The van der Waals surface area contributed by atoms with Gasteiger partial charge in [0.1, 0.15) is 5.82 Å². The third-order valence-corrected chi connectivity index (χ3v) is 12.5. The Balaban J connectivity index is 1.31. The summed E-state index contributed by atoms with van der Waals surface area (Å²) >= 11 is 0. The molecular formula is C34H53FO. The van der Waals surface area contributed by atoms with Crippen LogP contribution in [0.15, 0.2) is 24.3 Å². The highest BCUT2D eigenvalue weighted by Gasteiger charge is 2.61. The van der Waals surface area contributed by atoms with Crippen molar-refractivity contribution in [3.8, 4) is 0 Å². The number of hydrogen-bond donors (Lipinski definition) is 1. The molecule has 5 rings (SSSR count). The lowest BCUT2D eigenvalue weighted by Gasteiger charge is -2.63. The number of aliphatic hydroxyl groups excluding tert-OH is 1. The smallest absolute Gasteiger partial charge is 0.123 e. The Morgan fingerprint density at radius 1 is 0.833 bits per heavy atom. The molecule has 10 atom stereocenters. The number of rotatable bonds is 7. The first-order valence-corrected chi connectivity index (χ1v) is 15.6. The number of aliphatic hydroxyl groups is 1. The molecule has 0 saturated heterocycles. The first-order chi connectivity index (χ1) is 17.1. The van der Waals surface area contributed by atoms with Crippen LogP contribution in [-0.4, -0.2) is 11.2 Å². The molecule has 36 heavy (non-hydrogen) atoms. The average molecular weight is 497 g/mol. The topological polar surface area (TPSA) is 20.2 Å². The van der Waals surface area contributed by atoms with Gasteiger partial charge in [-0.3, -0.25) is 0 Å². The van der Waals surface area contributed by atoms with Crippen molar-refractivity contribution in [2.45, 2.75) is 118 Å². The molecule has 0 heterocycles. The Morgan fingerprint density at radius 2 is 1.50 bits per heavy atom. The van der Waals surface area contributed by atoms with Crippen LogP contribution in [0.3, 0.4) is 0 Å². The van der Waals surface area contributed by atoms with Crippen LogP contribution in [0.2, 0.25) is 0 Å². The highest BCUT2D eigenvalue weighted by Crippen LogP contribution is 2.69. The maximum absolute atomic E-state index is 13.5. The van der Waals surface area contributed by atoms with Gasteiger partial charge in [0.15, 0.2) is 0 Å². The lowest BCUT2D eigenvalue weighted by molar-refractivity contribution is -0.152. The summed E-state index contributed by atoms with van der Waals surface area (Å²) in [5, 5.41) is 11.2. The van der Waals surface area contributed by atoms with E-state index in [2.05, 4.69) is 34.6 Å². The van der Waals surface area contributed by atoms with E-state index in [0.717, 1.165) is 48.3 Å². The van der Waals surface area contributed by atoms with Crippen molar-refractivity contribution >= 4 is 0 Å². The van der Waals surface area contributed by atoms with Crippen molar-refractivity contribution in [2.75, 3.05) is 0 Å². The fourth-order valence-electron chi connectivity index (χ4n) is 10.7. The maximum atomic E-state index is 13.5. The predicted octanol–water partition coefficient (Wildman–Crippen LogP) is 9.08. The van der Waals surface area contributed by atoms with E-state index in [1.165, 1.54) is 69.8 Å². The van der Waals surface area contributed by atoms with Gasteiger partial charge in [-0.1, -0.05) is 66.0 Å². The van der Waals surface area contributed by atoms with E-state index in [-0.39, 0.29) is 11.9 Å². The molecule has 4 fully saturated rings. The summed E-state index contributed by atoms with van der Waals surface area (Å²) in [6.07, 6.45) is 15.4. The van der Waals surface area contributed by atoms with Gasteiger partial charge in [-0.2, -0.15) is 0 Å². The van der Waals surface area contributed by atoms with Gasteiger partial charge in [-0.15, -0.1) is 0 Å². The second-order valence-electron chi connectivity index (χ2n) is 14.7. The number of hydrogen-bond acceptors (Lipinski definition) is 1. The average Bonchev–Trinajstić information content (AvgIpc) is 3.19. The highest BCUT2D eigenvalue weighted by molar-refractivity contribution is 5.19. The number of halogens is 1. The van der Waals surface area contributed by atoms with Crippen molar-refractivity contribution in [1.29, 1.82) is 0 Å². The van der Waals surface area contributed by atoms with E-state index in [4.69, 9.17) is 0 Å². The highest BCUT2D eigenvalue weighted by atomic mass is 19.1. The summed E-state index contributed by atoms with van der Waals surface area (Å²) in [5.41, 5.74) is 2.09. The normalized spacial score (nSPS) is 43.1. The second-order valence-corrected chi connectivity index (χ2v) is 14.7. The van der Waals surface area contributed by atoms with Gasteiger partial charge in [-0.05, 0) is 134 Å². The number of fused-ring (bicyclic) bond motifs is 5. The molecule has 0 aliphatic heterocycles. The minimum Gasteiger partial charge on any atom is -0.393 e. The molecule has 1 N–H and O–H groups in total.